The van der Waals surface area contributed by atoms with E-state index in [1.165, 1.54) is 36.0 Å². The van der Waals surface area contributed by atoms with Crippen LogP contribution in [-0.4, -0.2) is 27.9 Å². The molecule has 0 aliphatic rings. The van der Waals surface area contributed by atoms with E-state index < -0.39 is 22.0 Å². The van der Waals surface area contributed by atoms with Crippen molar-refractivity contribution in [3.8, 4) is 0 Å². The van der Waals surface area contributed by atoms with Gasteiger partial charge in [0, 0.05) is 27.2 Å². The van der Waals surface area contributed by atoms with E-state index in [1.807, 2.05) is 0 Å². The van der Waals surface area contributed by atoms with Gasteiger partial charge in [-0.1, -0.05) is 53.5 Å². The predicted octanol–water partition coefficient (Wildman–Crippen LogP) is 7.43. The lowest BCUT2D eigenvalue weighted by molar-refractivity contribution is -0.385. The molecule has 12 heteroatoms. The number of nitrogens with one attached hydrogen (secondary N) is 3. The van der Waals surface area contributed by atoms with Crippen molar-refractivity contribution in [2.45, 2.75) is 17.1 Å². The second-order valence-corrected chi connectivity index (χ2v) is 11.3. The molecular weight excluding hydrogens is 611 g/mol. The van der Waals surface area contributed by atoms with Crippen molar-refractivity contribution in [2.24, 2.45) is 0 Å². The topological polar surface area (TPSA) is 130 Å². The summed E-state index contributed by atoms with van der Waals surface area (Å²) >= 11 is 13.4. The first-order valence-corrected chi connectivity index (χ1v) is 14.4. The number of thioether (sulfide) groups is 1. The standard InChI is InChI=1S/C31H24Cl2N4O5S/c1-19(29(38)35-26-18-22(32)11-16-25(26)33)43-24-14-12-23(13-15-24)34-31(40)27(36-30(39)20-7-3-2-4-8-20)17-21-9-5-6-10-28(21)37(41)42/h2-19H,1H3,(H,34,40)(H,35,38)(H,36,39)/b27-17-. The van der Waals surface area contributed by atoms with Crippen LogP contribution in [0, 0.1) is 10.1 Å². The predicted molar refractivity (Wildman–Crippen MR) is 170 cm³/mol. The highest BCUT2D eigenvalue weighted by Crippen LogP contribution is 2.29. The Bertz CT molecular complexity index is 1700. The third-order valence-corrected chi connectivity index (χ3v) is 7.62. The van der Waals surface area contributed by atoms with Crippen molar-refractivity contribution in [3.63, 3.8) is 0 Å². The third-order valence-electron chi connectivity index (χ3n) is 5.94. The molecule has 9 nitrogen and oxygen atoms in total. The molecule has 3 N–H and O–H groups in total. The molecule has 0 bridgehead atoms. The van der Waals surface area contributed by atoms with Gasteiger partial charge in [0.15, 0.2) is 0 Å². The molecule has 0 saturated carbocycles. The minimum absolute atomic E-state index is 0.143. The monoisotopic (exact) mass is 634 g/mol. The van der Waals surface area contributed by atoms with Crippen LogP contribution < -0.4 is 16.0 Å². The number of hydrogen-bond donors (Lipinski definition) is 3. The molecule has 43 heavy (non-hydrogen) atoms. The summed E-state index contributed by atoms with van der Waals surface area (Å²) in [4.78, 5) is 50.6. The Labute approximate surface area is 261 Å². The van der Waals surface area contributed by atoms with Crippen LogP contribution >= 0.6 is 35.0 Å². The fourth-order valence-electron chi connectivity index (χ4n) is 3.77. The van der Waals surface area contributed by atoms with Gasteiger partial charge in [0.25, 0.3) is 17.5 Å². The van der Waals surface area contributed by atoms with Crippen LogP contribution in [0.5, 0.6) is 0 Å². The first kappa shape index (κ1) is 31.3. The lowest BCUT2D eigenvalue weighted by Crippen LogP contribution is -2.30. The number of para-hydroxylation sites is 1. The van der Waals surface area contributed by atoms with E-state index in [9.17, 15) is 24.5 Å². The minimum Gasteiger partial charge on any atom is -0.324 e. The molecule has 4 aromatic rings. The van der Waals surface area contributed by atoms with E-state index in [4.69, 9.17) is 23.2 Å². The average molecular weight is 636 g/mol. The zero-order chi connectivity index (χ0) is 30.9. The van der Waals surface area contributed by atoms with Crippen LogP contribution in [0.4, 0.5) is 17.1 Å². The van der Waals surface area contributed by atoms with Gasteiger partial charge in [0.05, 0.1) is 26.4 Å². The Morgan fingerprint density at radius 1 is 0.884 bits per heavy atom. The van der Waals surface area contributed by atoms with Gasteiger partial charge in [-0.2, -0.15) is 0 Å². The van der Waals surface area contributed by atoms with Gasteiger partial charge in [-0.25, -0.2) is 0 Å². The van der Waals surface area contributed by atoms with Crippen molar-refractivity contribution in [3.05, 3.63) is 134 Å². The average Bonchev–Trinajstić information content (AvgIpc) is 3.00. The van der Waals surface area contributed by atoms with Crippen molar-refractivity contribution < 1.29 is 19.3 Å². The Morgan fingerprint density at radius 3 is 2.26 bits per heavy atom. The zero-order valence-electron chi connectivity index (χ0n) is 22.5. The van der Waals surface area contributed by atoms with E-state index in [1.54, 1.807) is 85.8 Å². The van der Waals surface area contributed by atoms with Gasteiger partial charge in [0.1, 0.15) is 5.70 Å². The number of nitro groups is 1. The lowest BCUT2D eigenvalue weighted by atomic mass is 10.1. The summed E-state index contributed by atoms with van der Waals surface area (Å²) in [6, 6.07) is 25.7. The van der Waals surface area contributed by atoms with Crippen molar-refractivity contribution >= 4 is 75.8 Å². The fraction of sp³-hybridized carbons (Fsp3) is 0.0645. The molecule has 1 atom stereocenters. The first-order chi connectivity index (χ1) is 20.6. The quantitative estimate of drug-likeness (QED) is 0.0719. The Balaban J connectivity index is 1.48. The van der Waals surface area contributed by atoms with E-state index >= 15 is 0 Å². The largest absolute Gasteiger partial charge is 0.324 e. The van der Waals surface area contributed by atoms with Crippen molar-refractivity contribution in [1.29, 1.82) is 0 Å². The van der Waals surface area contributed by atoms with Crippen LogP contribution in [0.2, 0.25) is 10.0 Å². The number of anilines is 2. The maximum atomic E-state index is 13.3. The Kier molecular flexibility index (Phi) is 10.6. The van der Waals surface area contributed by atoms with E-state index in [2.05, 4.69) is 16.0 Å². The number of carbonyl (C=O) groups is 3. The molecule has 0 heterocycles. The number of halogens is 2. The molecule has 0 aliphatic carbocycles. The number of amides is 3. The van der Waals surface area contributed by atoms with Crippen molar-refractivity contribution in [1.82, 2.24) is 5.32 Å². The summed E-state index contributed by atoms with van der Waals surface area (Å²) < 4.78 is 0. The van der Waals surface area contributed by atoms with Crippen LogP contribution in [0.25, 0.3) is 6.08 Å². The number of benzene rings is 4. The van der Waals surface area contributed by atoms with Gasteiger partial charge in [-0.3, -0.25) is 24.5 Å². The normalized spacial score (nSPS) is 11.7. The summed E-state index contributed by atoms with van der Waals surface area (Å²) in [6.45, 7) is 1.74. The lowest BCUT2D eigenvalue weighted by Gasteiger charge is -2.14. The van der Waals surface area contributed by atoms with Gasteiger partial charge in [-0.15, -0.1) is 11.8 Å². The second kappa shape index (κ2) is 14.5. The number of rotatable bonds is 10. The van der Waals surface area contributed by atoms with Crippen LogP contribution in [0.15, 0.2) is 108 Å². The smallest absolute Gasteiger partial charge is 0.276 e. The van der Waals surface area contributed by atoms with Gasteiger partial charge >= 0.3 is 0 Å². The molecule has 4 rings (SSSR count). The molecule has 0 aliphatic heterocycles. The Hall–Kier alpha value is -4.64. The second-order valence-electron chi connectivity index (χ2n) is 9.05. The minimum atomic E-state index is -0.686. The number of carbonyl (C=O) groups excluding carboxylic acids is 3. The summed E-state index contributed by atoms with van der Waals surface area (Å²) in [7, 11) is 0. The zero-order valence-corrected chi connectivity index (χ0v) is 24.9. The molecule has 0 radical (unpaired) electrons. The molecule has 3 amide bonds. The van der Waals surface area contributed by atoms with E-state index in [-0.39, 0.29) is 22.9 Å². The van der Waals surface area contributed by atoms with E-state index in [0.29, 0.717) is 27.0 Å². The Morgan fingerprint density at radius 2 is 1.56 bits per heavy atom. The highest BCUT2D eigenvalue weighted by atomic mass is 35.5. The highest BCUT2D eigenvalue weighted by molar-refractivity contribution is 8.00. The summed E-state index contributed by atoms with van der Waals surface area (Å²) in [6.07, 6.45) is 1.25. The molecular formula is C31H24Cl2N4O5S. The highest BCUT2D eigenvalue weighted by Gasteiger charge is 2.19. The van der Waals surface area contributed by atoms with E-state index in [0.717, 1.165) is 4.90 Å². The molecule has 4 aromatic carbocycles. The fourth-order valence-corrected chi connectivity index (χ4v) is 4.98. The summed E-state index contributed by atoms with van der Waals surface area (Å²) in [5, 5.41) is 19.9. The maximum absolute atomic E-state index is 13.3. The molecule has 218 valence electrons. The van der Waals surface area contributed by atoms with Crippen LogP contribution in [0.3, 0.4) is 0 Å². The summed E-state index contributed by atoms with van der Waals surface area (Å²) in [5.41, 5.74) is 0.851. The molecule has 0 aromatic heterocycles. The SMILES string of the molecule is CC(Sc1ccc(NC(=O)/C(=C/c2ccccc2[N+](=O)[O-])NC(=O)c2ccccc2)cc1)C(=O)Nc1cc(Cl)ccc1Cl. The van der Waals surface area contributed by atoms with Gasteiger partial charge in [0.2, 0.25) is 5.91 Å². The van der Waals surface area contributed by atoms with Crippen molar-refractivity contribution in [2.75, 3.05) is 10.6 Å². The van der Waals surface area contributed by atoms with Gasteiger partial charge in [-0.05, 0) is 73.7 Å². The number of hydrogen-bond acceptors (Lipinski definition) is 6. The molecule has 1 unspecified atom stereocenters. The van der Waals surface area contributed by atoms with Crippen LogP contribution in [0.1, 0.15) is 22.8 Å². The molecule has 0 spiro atoms. The molecule has 0 fully saturated rings. The number of nitrogens with zero attached hydrogens (tertiary/aromatic N) is 1. The molecule has 0 saturated heterocycles. The summed E-state index contributed by atoms with van der Waals surface area (Å²) in [5.74, 6) is -1.52. The van der Waals surface area contributed by atoms with Crippen LogP contribution in [-0.2, 0) is 9.59 Å². The number of nitro benzene ring substituents is 1. The first-order valence-electron chi connectivity index (χ1n) is 12.8. The third kappa shape index (κ3) is 8.68. The maximum Gasteiger partial charge on any atom is 0.276 e. The van der Waals surface area contributed by atoms with Gasteiger partial charge < -0.3 is 16.0 Å².